The second-order valence-corrected chi connectivity index (χ2v) is 10.6. The number of anilines is 1. The van der Waals surface area contributed by atoms with Crippen LogP contribution in [0.25, 0.3) is 27.7 Å². The number of nitrogens with zero attached hydrogens (tertiary/aromatic N) is 4. The molecule has 0 bridgehead atoms. The Morgan fingerprint density at radius 3 is 2.51 bits per heavy atom. The maximum absolute atomic E-state index is 13.6. The van der Waals surface area contributed by atoms with Crippen LogP contribution in [0.2, 0.25) is 0 Å². The van der Waals surface area contributed by atoms with E-state index < -0.39 is 0 Å². The van der Waals surface area contributed by atoms with Crippen LogP contribution >= 0.6 is 0 Å². The molecule has 0 unspecified atom stereocenters. The third-order valence-corrected chi connectivity index (χ3v) is 7.70. The predicted octanol–water partition coefficient (Wildman–Crippen LogP) is 5.26. The molecule has 196 valence electrons. The Labute approximate surface area is 223 Å². The molecule has 2 aromatic carbocycles. The zero-order valence-electron chi connectivity index (χ0n) is 21.4. The maximum Gasteiger partial charge on any atom is 0.253 e. The van der Waals surface area contributed by atoms with Gasteiger partial charge >= 0.3 is 0 Å². The van der Waals surface area contributed by atoms with Crippen LogP contribution in [0.5, 0.6) is 0 Å². The summed E-state index contributed by atoms with van der Waals surface area (Å²) >= 11 is 0. The molecule has 2 fully saturated rings. The fraction of sp³-hybridized carbons (Fsp3) is 0.267. The first-order valence-electron chi connectivity index (χ1n) is 13.3. The zero-order chi connectivity index (χ0) is 26.7. The van der Waals surface area contributed by atoms with Crippen LogP contribution in [0.1, 0.15) is 47.6 Å². The Kier molecular flexibility index (Phi) is 5.47. The van der Waals surface area contributed by atoms with E-state index in [0.717, 1.165) is 53.3 Å². The summed E-state index contributed by atoms with van der Waals surface area (Å²) in [5.41, 5.74) is 4.94. The number of pyridine rings is 1. The molecule has 7 rings (SSSR count). The third-order valence-electron chi connectivity index (χ3n) is 7.70. The highest BCUT2D eigenvalue weighted by Crippen LogP contribution is 2.41. The van der Waals surface area contributed by atoms with E-state index in [1.165, 1.54) is 12.1 Å². The number of carbonyl (C=O) groups excluding carboxylic acids is 2. The number of benzene rings is 2. The van der Waals surface area contributed by atoms with Gasteiger partial charge in [-0.05, 0) is 84.7 Å². The van der Waals surface area contributed by atoms with Crippen molar-refractivity contribution in [3.05, 3.63) is 83.9 Å². The van der Waals surface area contributed by atoms with Crippen LogP contribution < -0.4 is 10.6 Å². The van der Waals surface area contributed by atoms with Crippen LogP contribution in [0.4, 0.5) is 10.3 Å². The Bertz CT molecular complexity index is 1750. The summed E-state index contributed by atoms with van der Waals surface area (Å²) in [6.45, 7) is 0. The van der Waals surface area contributed by atoms with Gasteiger partial charge < -0.3 is 9.88 Å². The van der Waals surface area contributed by atoms with Crippen LogP contribution in [0.15, 0.2) is 67.0 Å². The van der Waals surface area contributed by atoms with E-state index >= 15 is 0 Å². The lowest BCUT2D eigenvalue weighted by Gasteiger charge is -2.19. The molecule has 3 aromatic heterocycles. The number of carbonyl (C=O) groups is 2. The normalized spacial score (nSPS) is 15.9. The molecule has 8 nitrogen and oxygen atoms in total. The molecule has 0 aliphatic heterocycles. The second-order valence-electron chi connectivity index (χ2n) is 10.6. The van der Waals surface area contributed by atoms with Gasteiger partial charge in [0, 0.05) is 36.3 Å². The lowest BCUT2D eigenvalue weighted by atomic mass is 10.0. The first-order chi connectivity index (χ1) is 18.9. The smallest absolute Gasteiger partial charge is 0.253 e. The number of aryl methyl sites for hydroxylation is 1. The summed E-state index contributed by atoms with van der Waals surface area (Å²) in [5, 5.41) is 11.2. The summed E-state index contributed by atoms with van der Waals surface area (Å²) < 4.78 is 17.1. The molecule has 2 aliphatic rings. The first kappa shape index (κ1) is 23.6. The number of hydrogen-bond donors (Lipinski definition) is 2. The number of hydrogen-bond acceptors (Lipinski definition) is 4. The van der Waals surface area contributed by atoms with Gasteiger partial charge in [-0.2, -0.15) is 4.98 Å². The lowest BCUT2D eigenvalue weighted by Crippen LogP contribution is -2.29. The van der Waals surface area contributed by atoms with E-state index in [9.17, 15) is 14.0 Å². The van der Waals surface area contributed by atoms with Crippen molar-refractivity contribution in [1.29, 1.82) is 0 Å². The Hall–Kier alpha value is -4.53. The van der Waals surface area contributed by atoms with Crippen LogP contribution in [0.3, 0.4) is 0 Å². The molecule has 5 aromatic rings. The van der Waals surface area contributed by atoms with E-state index in [1.54, 1.807) is 16.6 Å². The zero-order valence-corrected chi connectivity index (χ0v) is 21.4. The summed E-state index contributed by atoms with van der Waals surface area (Å²) in [4.78, 5) is 30.1. The van der Waals surface area contributed by atoms with E-state index in [-0.39, 0.29) is 29.6 Å². The van der Waals surface area contributed by atoms with Crippen LogP contribution in [0, 0.1) is 17.7 Å². The molecule has 0 saturated heterocycles. The molecular weight excluding hydrogens is 495 g/mol. The lowest BCUT2D eigenvalue weighted by molar-refractivity contribution is -0.117. The van der Waals surface area contributed by atoms with Gasteiger partial charge in [0.2, 0.25) is 11.9 Å². The average molecular weight is 523 g/mol. The van der Waals surface area contributed by atoms with Gasteiger partial charge in [-0.15, -0.1) is 5.10 Å². The van der Waals surface area contributed by atoms with Gasteiger partial charge in [-0.25, -0.2) is 8.91 Å². The van der Waals surface area contributed by atoms with Crippen LogP contribution in [-0.4, -0.2) is 31.0 Å². The van der Waals surface area contributed by atoms with E-state index in [4.69, 9.17) is 0 Å². The first-order valence-corrected chi connectivity index (χ1v) is 13.3. The largest absolute Gasteiger partial charge is 0.350 e. The minimum Gasteiger partial charge on any atom is -0.350 e. The molecule has 0 spiro atoms. The van der Waals surface area contributed by atoms with Gasteiger partial charge in [0.15, 0.2) is 5.65 Å². The monoisotopic (exact) mass is 522 g/mol. The molecule has 2 N–H and O–H groups in total. The van der Waals surface area contributed by atoms with Crippen molar-refractivity contribution < 1.29 is 14.0 Å². The number of fused-ring (bicyclic) bond motifs is 2. The molecule has 2 aliphatic carbocycles. The minimum atomic E-state index is -0.287. The van der Waals surface area contributed by atoms with Crippen LogP contribution in [-0.2, 0) is 11.8 Å². The molecule has 1 atom stereocenters. The highest BCUT2D eigenvalue weighted by Gasteiger charge is 2.34. The molecular formula is C30H27FN6O2. The standard InChI is InChI=1S/C30H27FN6O2/c1-36-16-24(29(39)33-27(17-2-3-17)18-6-9-22(31)10-7-18)23-14-20(8-11-25(23)36)21-12-13-37-26(15-21)32-30(35-37)34-28(38)19-4-5-19/h6-17,19,27H,2-5H2,1H3,(H,33,39)(H,34,35,38)/t27-/m0/s1. The van der Waals surface area contributed by atoms with Gasteiger partial charge in [-0.3, -0.25) is 14.9 Å². The fourth-order valence-corrected chi connectivity index (χ4v) is 5.22. The molecule has 39 heavy (non-hydrogen) atoms. The molecule has 0 radical (unpaired) electrons. The minimum absolute atomic E-state index is 0.0326. The SMILES string of the molecule is Cn1cc(C(=O)N[C@H](c2ccc(F)cc2)C2CC2)c2cc(-c3ccn4nc(NC(=O)C5CC5)nc4c3)ccc21. The summed E-state index contributed by atoms with van der Waals surface area (Å²) in [5.74, 6) is 0.264. The van der Waals surface area contributed by atoms with Crippen molar-refractivity contribution >= 4 is 34.3 Å². The topological polar surface area (TPSA) is 93.3 Å². The Morgan fingerprint density at radius 1 is 1.00 bits per heavy atom. The highest BCUT2D eigenvalue weighted by molar-refractivity contribution is 6.08. The number of rotatable bonds is 7. The maximum atomic E-state index is 13.6. The van der Waals surface area contributed by atoms with Crippen molar-refractivity contribution in [3.8, 4) is 11.1 Å². The fourth-order valence-electron chi connectivity index (χ4n) is 5.22. The van der Waals surface area contributed by atoms with Crippen molar-refractivity contribution in [3.63, 3.8) is 0 Å². The number of aromatic nitrogens is 4. The summed E-state index contributed by atoms with van der Waals surface area (Å²) in [6, 6.07) is 16.1. The third kappa shape index (κ3) is 4.54. The summed E-state index contributed by atoms with van der Waals surface area (Å²) in [6.07, 6.45) is 7.58. The predicted molar refractivity (Wildman–Crippen MR) is 146 cm³/mol. The quantitative estimate of drug-likeness (QED) is 0.305. The van der Waals surface area contributed by atoms with E-state index in [1.807, 2.05) is 54.3 Å². The van der Waals surface area contributed by atoms with Crippen molar-refractivity contribution in [2.75, 3.05) is 5.32 Å². The number of nitrogens with one attached hydrogen (secondary N) is 2. The molecule has 2 saturated carbocycles. The molecule has 2 amide bonds. The van der Waals surface area contributed by atoms with Gasteiger partial charge in [0.1, 0.15) is 5.82 Å². The average Bonchev–Trinajstić information content (AvgIpc) is 3.87. The van der Waals surface area contributed by atoms with Crippen molar-refractivity contribution in [2.45, 2.75) is 31.7 Å². The molecule has 9 heteroatoms. The Balaban J connectivity index is 1.19. The Morgan fingerprint density at radius 2 is 1.77 bits per heavy atom. The van der Waals surface area contributed by atoms with Gasteiger partial charge in [0.05, 0.1) is 11.6 Å². The second kappa shape index (κ2) is 9.04. The van der Waals surface area contributed by atoms with Crippen molar-refractivity contribution in [1.82, 2.24) is 24.5 Å². The van der Waals surface area contributed by atoms with Crippen molar-refractivity contribution in [2.24, 2.45) is 18.9 Å². The van der Waals surface area contributed by atoms with E-state index in [0.29, 0.717) is 23.1 Å². The highest BCUT2D eigenvalue weighted by atomic mass is 19.1. The van der Waals surface area contributed by atoms with Gasteiger partial charge in [-0.1, -0.05) is 18.2 Å². The molecule has 3 heterocycles. The number of amides is 2. The number of halogens is 1. The van der Waals surface area contributed by atoms with E-state index in [2.05, 4.69) is 20.7 Å². The summed E-state index contributed by atoms with van der Waals surface area (Å²) in [7, 11) is 1.93. The van der Waals surface area contributed by atoms with Gasteiger partial charge in [0.25, 0.3) is 5.91 Å².